The molecule has 16 heavy (non-hydrogen) atoms. The van der Waals surface area contributed by atoms with E-state index in [9.17, 15) is 8.42 Å². The predicted octanol–water partition coefficient (Wildman–Crippen LogP) is 1.16. The summed E-state index contributed by atoms with van der Waals surface area (Å²) >= 11 is 0. The van der Waals surface area contributed by atoms with E-state index in [0.717, 1.165) is 12.0 Å². The fourth-order valence-electron chi connectivity index (χ4n) is 1.50. The van der Waals surface area contributed by atoms with Crippen molar-refractivity contribution >= 4 is 9.84 Å². The first kappa shape index (κ1) is 13.2. The standard InChI is InChI=1S/C12H19NO2S/c1-2-11-3-5-12(6-4-11)7-9-16(14,15)10-8-13/h3-6H,2,7-10,13H2,1H3. The average Bonchev–Trinajstić information content (AvgIpc) is 2.27. The number of benzene rings is 1. The van der Waals surface area contributed by atoms with Gasteiger partial charge in [0.2, 0.25) is 0 Å². The zero-order chi connectivity index (χ0) is 12.0. The topological polar surface area (TPSA) is 60.2 Å². The maximum absolute atomic E-state index is 11.4. The smallest absolute Gasteiger partial charge is 0.151 e. The third kappa shape index (κ3) is 4.33. The third-order valence-electron chi connectivity index (χ3n) is 2.56. The van der Waals surface area contributed by atoms with E-state index in [2.05, 4.69) is 6.92 Å². The predicted molar refractivity (Wildman–Crippen MR) is 67.2 cm³/mol. The summed E-state index contributed by atoms with van der Waals surface area (Å²) in [4.78, 5) is 0. The van der Waals surface area contributed by atoms with Crippen molar-refractivity contribution in [3.63, 3.8) is 0 Å². The molecular formula is C12H19NO2S. The molecule has 0 aliphatic rings. The van der Waals surface area contributed by atoms with Crippen LogP contribution in [0.2, 0.25) is 0 Å². The van der Waals surface area contributed by atoms with Gasteiger partial charge in [0, 0.05) is 6.54 Å². The van der Waals surface area contributed by atoms with Gasteiger partial charge in [-0.2, -0.15) is 0 Å². The minimum Gasteiger partial charge on any atom is -0.329 e. The zero-order valence-corrected chi connectivity index (χ0v) is 10.5. The van der Waals surface area contributed by atoms with E-state index in [1.54, 1.807) is 0 Å². The summed E-state index contributed by atoms with van der Waals surface area (Å²) in [6.45, 7) is 2.30. The Kier molecular flexibility index (Phi) is 4.96. The van der Waals surface area contributed by atoms with E-state index < -0.39 is 9.84 Å². The molecule has 0 saturated carbocycles. The minimum atomic E-state index is -2.97. The van der Waals surface area contributed by atoms with Crippen LogP contribution in [0.3, 0.4) is 0 Å². The Morgan fingerprint density at radius 2 is 1.62 bits per heavy atom. The maximum atomic E-state index is 11.4. The van der Waals surface area contributed by atoms with Crippen molar-refractivity contribution in [2.24, 2.45) is 5.73 Å². The molecule has 1 aromatic rings. The van der Waals surface area contributed by atoms with Crippen molar-refractivity contribution in [2.75, 3.05) is 18.1 Å². The van der Waals surface area contributed by atoms with Gasteiger partial charge in [0.25, 0.3) is 0 Å². The lowest BCUT2D eigenvalue weighted by molar-refractivity contribution is 0.595. The summed E-state index contributed by atoms with van der Waals surface area (Å²) in [5.74, 6) is 0.274. The van der Waals surface area contributed by atoms with Gasteiger partial charge in [0.05, 0.1) is 11.5 Å². The molecule has 0 heterocycles. The second-order valence-electron chi connectivity index (χ2n) is 3.86. The van der Waals surface area contributed by atoms with Gasteiger partial charge in [0.15, 0.2) is 9.84 Å². The van der Waals surface area contributed by atoms with E-state index >= 15 is 0 Å². The van der Waals surface area contributed by atoms with Gasteiger partial charge in [-0.1, -0.05) is 31.2 Å². The molecule has 0 amide bonds. The Hall–Kier alpha value is -0.870. The van der Waals surface area contributed by atoms with Crippen molar-refractivity contribution in [3.05, 3.63) is 35.4 Å². The second-order valence-corrected chi connectivity index (χ2v) is 6.16. The van der Waals surface area contributed by atoms with Crippen LogP contribution in [0.15, 0.2) is 24.3 Å². The van der Waals surface area contributed by atoms with E-state index in [4.69, 9.17) is 5.73 Å². The Balaban J connectivity index is 2.54. The van der Waals surface area contributed by atoms with E-state index in [1.807, 2.05) is 24.3 Å². The van der Waals surface area contributed by atoms with Crippen LogP contribution in [0.1, 0.15) is 18.1 Å². The minimum absolute atomic E-state index is 0.0834. The molecule has 0 radical (unpaired) electrons. The molecule has 0 bridgehead atoms. The first-order valence-corrected chi connectivity index (χ1v) is 7.38. The maximum Gasteiger partial charge on any atom is 0.151 e. The molecule has 0 atom stereocenters. The van der Waals surface area contributed by atoms with Crippen LogP contribution in [0.4, 0.5) is 0 Å². The first-order chi connectivity index (χ1) is 7.57. The molecule has 4 heteroatoms. The quantitative estimate of drug-likeness (QED) is 0.813. The first-order valence-electron chi connectivity index (χ1n) is 5.55. The van der Waals surface area contributed by atoms with Gasteiger partial charge in [-0.05, 0) is 24.0 Å². The average molecular weight is 241 g/mol. The lowest BCUT2D eigenvalue weighted by Gasteiger charge is -2.04. The number of nitrogens with two attached hydrogens (primary N) is 1. The molecule has 0 aromatic heterocycles. The Morgan fingerprint density at radius 1 is 1.06 bits per heavy atom. The third-order valence-corrected chi connectivity index (χ3v) is 4.25. The SMILES string of the molecule is CCc1ccc(CCS(=O)(=O)CCN)cc1. The van der Waals surface area contributed by atoms with Gasteiger partial charge >= 0.3 is 0 Å². The molecule has 0 unspecified atom stereocenters. The molecule has 90 valence electrons. The summed E-state index contributed by atoms with van der Waals surface area (Å²) < 4.78 is 22.9. The second kappa shape index (κ2) is 6.01. The lowest BCUT2D eigenvalue weighted by Crippen LogP contribution is -2.19. The van der Waals surface area contributed by atoms with Gasteiger partial charge in [0.1, 0.15) is 0 Å². The number of sulfone groups is 1. The fraction of sp³-hybridized carbons (Fsp3) is 0.500. The van der Waals surface area contributed by atoms with Crippen LogP contribution in [-0.4, -0.2) is 26.5 Å². The van der Waals surface area contributed by atoms with Crippen molar-refractivity contribution in [1.82, 2.24) is 0 Å². The fourth-order valence-corrected chi connectivity index (χ4v) is 2.61. The Bertz CT molecular complexity index is 409. The van der Waals surface area contributed by atoms with E-state index in [0.29, 0.717) is 6.42 Å². The van der Waals surface area contributed by atoms with Crippen molar-refractivity contribution in [2.45, 2.75) is 19.8 Å². The van der Waals surface area contributed by atoms with Gasteiger partial charge in [-0.25, -0.2) is 8.42 Å². The molecule has 3 nitrogen and oxygen atoms in total. The van der Waals surface area contributed by atoms with Crippen LogP contribution < -0.4 is 5.73 Å². The summed E-state index contributed by atoms with van der Waals surface area (Å²) in [5.41, 5.74) is 7.58. The zero-order valence-electron chi connectivity index (χ0n) is 9.65. The summed E-state index contributed by atoms with van der Waals surface area (Å²) in [5, 5.41) is 0. The molecular weight excluding hydrogens is 222 g/mol. The molecule has 0 fully saturated rings. The van der Waals surface area contributed by atoms with Crippen LogP contribution in [0.25, 0.3) is 0 Å². The molecule has 2 N–H and O–H groups in total. The Morgan fingerprint density at radius 3 is 2.12 bits per heavy atom. The highest BCUT2D eigenvalue weighted by molar-refractivity contribution is 7.91. The normalized spacial score (nSPS) is 11.6. The number of hydrogen-bond acceptors (Lipinski definition) is 3. The molecule has 1 rings (SSSR count). The number of aryl methyl sites for hydroxylation is 2. The van der Waals surface area contributed by atoms with Crippen LogP contribution in [0, 0.1) is 0 Å². The van der Waals surface area contributed by atoms with Crippen LogP contribution in [-0.2, 0) is 22.7 Å². The lowest BCUT2D eigenvalue weighted by atomic mass is 10.1. The van der Waals surface area contributed by atoms with Crippen molar-refractivity contribution in [3.8, 4) is 0 Å². The summed E-state index contributed by atoms with van der Waals surface area (Å²) in [6.07, 6.45) is 1.58. The molecule has 0 aliphatic heterocycles. The molecule has 0 spiro atoms. The highest BCUT2D eigenvalue weighted by atomic mass is 32.2. The summed E-state index contributed by atoms with van der Waals surface area (Å²) in [7, 11) is -2.97. The number of hydrogen-bond donors (Lipinski definition) is 1. The van der Waals surface area contributed by atoms with Gasteiger partial charge in [-0.15, -0.1) is 0 Å². The largest absolute Gasteiger partial charge is 0.329 e. The highest BCUT2D eigenvalue weighted by Crippen LogP contribution is 2.07. The van der Waals surface area contributed by atoms with Gasteiger partial charge < -0.3 is 5.73 Å². The molecule has 0 aliphatic carbocycles. The van der Waals surface area contributed by atoms with Crippen LogP contribution in [0.5, 0.6) is 0 Å². The Labute approximate surface area is 97.6 Å². The van der Waals surface area contributed by atoms with Crippen molar-refractivity contribution < 1.29 is 8.42 Å². The molecule has 0 saturated heterocycles. The van der Waals surface area contributed by atoms with E-state index in [1.165, 1.54) is 5.56 Å². The monoisotopic (exact) mass is 241 g/mol. The van der Waals surface area contributed by atoms with Crippen LogP contribution >= 0.6 is 0 Å². The van der Waals surface area contributed by atoms with Gasteiger partial charge in [-0.3, -0.25) is 0 Å². The van der Waals surface area contributed by atoms with E-state index in [-0.39, 0.29) is 18.1 Å². The number of rotatable bonds is 6. The highest BCUT2D eigenvalue weighted by Gasteiger charge is 2.09. The van der Waals surface area contributed by atoms with Crippen molar-refractivity contribution in [1.29, 1.82) is 0 Å². The summed E-state index contributed by atoms with van der Waals surface area (Å²) in [6, 6.07) is 8.09. The molecule has 1 aromatic carbocycles.